The summed E-state index contributed by atoms with van der Waals surface area (Å²) in [5.41, 5.74) is 1.49. The lowest BCUT2D eigenvalue weighted by atomic mass is 9.89. The monoisotopic (exact) mass is 418 g/mol. The number of carbonyl (C=O) groups is 1. The molecule has 1 aromatic carbocycles. The van der Waals surface area contributed by atoms with Crippen LogP contribution in [0.25, 0.3) is 10.9 Å². The Bertz CT molecular complexity index is 981. The second-order valence-corrected chi connectivity index (χ2v) is 9.28. The summed E-state index contributed by atoms with van der Waals surface area (Å²) in [6.45, 7) is 3.79. The molecule has 2 aromatic rings. The molecule has 2 saturated carbocycles. The first-order valence-electron chi connectivity index (χ1n) is 11.6. The second-order valence-electron chi connectivity index (χ2n) is 9.28. The summed E-state index contributed by atoms with van der Waals surface area (Å²) >= 11 is 0. The Morgan fingerprint density at radius 2 is 1.84 bits per heavy atom. The van der Waals surface area contributed by atoms with Gasteiger partial charge in [-0.15, -0.1) is 0 Å². The minimum absolute atomic E-state index is 0.367. The van der Waals surface area contributed by atoms with E-state index in [0.29, 0.717) is 29.5 Å². The molecule has 3 aliphatic rings. The second kappa shape index (κ2) is 8.80. The van der Waals surface area contributed by atoms with Crippen LogP contribution in [0, 0.1) is 17.2 Å². The van der Waals surface area contributed by atoms with Crippen LogP contribution in [0.5, 0.6) is 0 Å². The molecule has 0 spiro atoms. The van der Waals surface area contributed by atoms with Gasteiger partial charge in [0, 0.05) is 50.1 Å². The lowest BCUT2D eigenvalue weighted by Gasteiger charge is -2.42. The van der Waals surface area contributed by atoms with Crippen molar-refractivity contribution in [1.29, 1.82) is 5.26 Å². The van der Waals surface area contributed by atoms with Gasteiger partial charge in [0.15, 0.2) is 0 Å². The third-order valence-corrected chi connectivity index (χ3v) is 7.15. The molecule has 31 heavy (non-hydrogen) atoms. The molecule has 0 unspecified atom stereocenters. The molecule has 1 aliphatic heterocycles. The van der Waals surface area contributed by atoms with Gasteiger partial charge < -0.3 is 10.2 Å². The van der Waals surface area contributed by atoms with Crippen LogP contribution >= 0.6 is 0 Å². The van der Waals surface area contributed by atoms with Crippen LogP contribution in [0.2, 0.25) is 0 Å². The van der Waals surface area contributed by atoms with Crippen LogP contribution < -0.4 is 5.32 Å². The molecular formula is C24H30N6O. The number of nitriles is 1. The van der Waals surface area contributed by atoms with Gasteiger partial charge in [0.05, 0.1) is 17.1 Å². The van der Waals surface area contributed by atoms with Gasteiger partial charge in [-0.2, -0.15) is 5.26 Å². The standard InChI is InChI=1S/C24H30N6O/c25-15-18-3-8-22-21(13-18)24(27-16-26-22)28-19-4-6-20(7-5-19)29-9-11-30(12-10-29)23(31)14-17-1-2-17/h3,8,13,16-17,19-20H,1-2,4-7,9-12,14H2,(H,26,27,28)/t19-,20-. The molecule has 7 heteroatoms. The zero-order valence-electron chi connectivity index (χ0n) is 18.0. The van der Waals surface area contributed by atoms with Crippen LogP contribution in [0.4, 0.5) is 5.82 Å². The molecule has 1 saturated heterocycles. The number of hydrogen-bond acceptors (Lipinski definition) is 6. The van der Waals surface area contributed by atoms with Crippen molar-refractivity contribution in [2.24, 2.45) is 5.92 Å². The Balaban J connectivity index is 1.13. The number of rotatable bonds is 5. The van der Waals surface area contributed by atoms with Gasteiger partial charge in [0.2, 0.25) is 5.91 Å². The molecule has 0 bridgehead atoms. The average molecular weight is 419 g/mol. The van der Waals surface area contributed by atoms with Crippen molar-refractivity contribution < 1.29 is 4.79 Å². The number of anilines is 1. The van der Waals surface area contributed by atoms with E-state index in [-0.39, 0.29) is 0 Å². The Hall–Kier alpha value is -2.72. The van der Waals surface area contributed by atoms with E-state index >= 15 is 0 Å². The number of amides is 1. The molecule has 162 valence electrons. The molecule has 5 rings (SSSR count). The third kappa shape index (κ3) is 4.64. The summed E-state index contributed by atoms with van der Waals surface area (Å²) in [5.74, 6) is 1.87. The van der Waals surface area contributed by atoms with E-state index in [0.717, 1.165) is 62.2 Å². The van der Waals surface area contributed by atoms with E-state index in [1.54, 1.807) is 12.4 Å². The first-order valence-corrected chi connectivity index (χ1v) is 11.6. The fraction of sp³-hybridized carbons (Fsp3) is 0.583. The summed E-state index contributed by atoms with van der Waals surface area (Å²) in [6, 6.07) is 8.75. The highest BCUT2D eigenvalue weighted by Gasteiger charge is 2.32. The predicted octanol–water partition coefficient (Wildman–Crippen LogP) is 3.17. The highest BCUT2D eigenvalue weighted by Crippen LogP contribution is 2.33. The predicted molar refractivity (Wildman–Crippen MR) is 119 cm³/mol. The van der Waals surface area contributed by atoms with E-state index in [2.05, 4.69) is 31.2 Å². The number of fused-ring (bicyclic) bond motifs is 1. The summed E-state index contributed by atoms with van der Waals surface area (Å²) in [7, 11) is 0. The van der Waals surface area contributed by atoms with E-state index in [4.69, 9.17) is 0 Å². The number of hydrogen-bond donors (Lipinski definition) is 1. The largest absolute Gasteiger partial charge is 0.367 e. The number of aromatic nitrogens is 2. The van der Waals surface area contributed by atoms with Crippen molar-refractivity contribution in [1.82, 2.24) is 19.8 Å². The third-order valence-electron chi connectivity index (χ3n) is 7.15. The molecule has 7 nitrogen and oxygen atoms in total. The molecule has 2 aliphatic carbocycles. The lowest BCUT2D eigenvalue weighted by molar-refractivity contribution is -0.133. The van der Waals surface area contributed by atoms with Crippen LogP contribution in [-0.4, -0.2) is 63.9 Å². The number of benzene rings is 1. The minimum atomic E-state index is 0.367. The van der Waals surface area contributed by atoms with Gasteiger partial charge in [-0.3, -0.25) is 9.69 Å². The summed E-state index contributed by atoms with van der Waals surface area (Å²) in [5, 5.41) is 13.7. The Morgan fingerprint density at radius 1 is 1.06 bits per heavy atom. The molecule has 0 atom stereocenters. The zero-order chi connectivity index (χ0) is 21.2. The van der Waals surface area contributed by atoms with Gasteiger partial charge >= 0.3 is 0 Å². The van der Waals surface area contributed by atoms with E-state index < -0.39 is 0 Å². The van der Waals surface area contributed by atoms with Crippen molar-refractivity contribution in [2.75, 3.05) is 31.5 Å². The summed E-state index contributed by atoms with van der Waals surface area (Å²) < 4.78 is 0. The van der Waals surface area contributed by atoms with Crippen LogP contribution in [-0.2, 0) is 4.79 Å². The Labute approximate surface area is 183 Å². The van der Waals surface area contributed by atoms with Crippen LogP contribution in [0.1, 0.15) is 50.5 Å². The van der Waals surface area contributed by atoms with Gasteiger partial charge in [-0.05, 0) is 62.6 Å². The van der Waals surface area contributed by atoms with Crippen LogP contribution in [0.3, 0.4) is 0 Å². The van der Waals surface area contributed by atoms with Crippen molar-refractivity contribution in [3.05, 3.63) is 30.1 Å². The van der Waals surface area contributed by atoms with Crippen molar-refractivity contribution in [3.63, 3.8) is 0 Å². The van der Waals surface area contributed by atoms with Gasteiger partial charge in [0.25, 0.3) is 0 Å². The summed E-state index contributed by atoms with van der Waals surface area (Å²) in [4.78, 5) is 25.8. The number of carbonyl (C=O) groups excluding carboxylic acids is 1. The quantitative estimate of drug-likeness (QED) is 0.803. The molecule has 3 fully saturated rings. The van der Waals surface area contributed by atoms with Crippen molar-refractivity contribution in [2.45, 2.75) is 57.0 Å². The van der Waals surface area contributed by atoms with Gasteiger partial charge in [0.1, 0.15) is 12.1 Å². The number of nitrogens with zero attached hydrogens (tertiary/aromatic N) is 5. The number of piperazine rings is 1. The highest BCUT2D eigenvalue weighted by atomic mass is 16.2. The Kier molecular flexibility index (Phi) is 5.73. The fourth-order valence-corrected chi connectivity index (χ4v) is 5.05. The van der Waals surface area contributed by atoms with E-state index in [9.17, 15) is 10.1 Å². The maximum Gasteiger partial charge on any atom is 0.222 e. The van der Waals surface area contributed by atoms with Crippen molar-refractivity contribution in [3.8, 4) is 6.07 Å². The molecular weight excluding hydrogens is 388 g/mol. The van der Waals surface area contributed by atoms with Crippen molar-refractivity contribution >= 4 is 22.6 Å². The highest BCUT2D eigenvalue weighted by molar-refractivity contribution is 5.89. The summed E-state index contributed by atoms with van der Waals surface area (Å²) in [6.07, 6.45) is 9.39. The maximum absolute atomic E-state index is 12.4. The molecule has 2 heterocycles. The first kappa shape index (κ1) is 20.2. The SMILES string of the molecule is N#Cc1ccc2ncnc(N[C@H]3CC[C@H](N4CCN(C(=O)CC5CC5)CC4)CC3)c2c1. The van der Waals surface area contributed by atoms with E-state index in [1.165, 1.54) is 25.7 Å². The zero-order valence-corrected chi connectivity index (χ0v) is 18.0. The van der Waals surface area contributed by atoms with Gasteiger partial charge in [-0.1, -0.05) is 0 Å². The molecule has 1 aromatic heterocycles. The minimum Gasteiger partial charge on any atom is -0.367 e. The smallest absolute Gasteiger partial charge is 0.222 e. The fourth-order valence-electron chi connectivity index (χ4n) is 5.05. The topological polar surface area (TPSA) is 85.2 Å². The maximum atomic E-state index is 12.4. The number of nitrogens with one attached hydrogen (secondary N) is 1. The van der Waals surface area contributed by atoms with Crippen LogP contribution in [0.15, 0.2) is 24.5 Å². The average Bonchev–Trinajstić information content (AvgIpc) is 3.63. The lowest BCUT2D eigenvalue weighted by Crippen LogP contribution is -2.53. The molecule has 1 amide bonds. The van der Waals surface area contributed by atoms with Gasteiger partial charge in [-0.25, -0.2) is 9.97 Å². The normalized spacial score (nSPS) is 24.7. The Morgan fingerprint density at radius 3 is 2.55 bits per heavy atom. The molecule has 1 N–H and O–H groups in total. The molecule has 0 radical (unpaired) electrons. The van der Waals surface area contributed by atoms with E-state index in [1.807, 2.05) is 12.1 Å². The first-order chi connectivity index (χ1) is 15.2.